The Morgan fingerprint density at radius 1 is 1.16 bits per heavy atom. The molecule has 0 radical (unpaired) electrons. The lowest BCUT2D eigenvalue weighted by Crippen LogP contribution is -2.43. The number of nitrogens with zero attached hydrogens (tertiary/aromatic N) is 4. The van der Waals surface area contributed by atoms with Crippen molar-refractivity contribution in [3.8, 4) is 5.75 Å². The molecule has 0 amide bonds. The molecule has 0 bridgehead atoms. The summed E-state index contributed by atoms with van der Waals surface area (Å²) >= 11 is 0. The number of rotatable bonds is 9. The van der Waals surface area contributed by atoms with E-state index in [1.807, 2.05) is 11.5 Å². The number of benzene rings is 1. The highest BCUT2D eigenvalue weighted by Gasteiger charge is 2.34. The van der Waals surface area contributed by atoms with Gasteiger partial charge >= 0.3 is 6.18 Å². The first-order valence-corrected chi connectivity index (χ1v) is 11.8. The third kappa shape index (κ3) is 6.19. The van der Waals surface area contributed by atoms with Crippen molar-refractivity contribution in [1.29, 1.82) is 0 Å². The summed E-state index contributed by atoms with van der Waals surface area (Å²) in [6.07, 6.45) is 1.37. The minimum atomic E-state index is -4.21. The van der Waals surface area contributed by atoms with Gasteiger partial charge in [0.1, 0.15) is 18.4 Å². The van der Waals surface area contributed by atoms with Gasteiger partial charge in [-0.1, -0.05) is 6.92 Å². The zero-order chi connectivity index (χ0) is 22.5. The number of halogens is 3. The molecule has 172 valence electrons. The smallest absolute Gasteiger partial charge is 0.389 e. The fraction of sp³-hybridized carbons (Fsp3) is 0.600. The molecule has 1 aliphatic carbocycles. The van der Waals surface area contributed by atoms with E-state index in [0.29, 0.717) is 18.7 Å². The summed E-state index contributed by atoms with van der Waals surface area (Å²) < 4.78 is 71.9. The summed E-state index contributed by atoms with van der Waals surface area (Å²) in [7, 11) is -3.72. The molecule has 1 fully saturated rings. The van der Waals surface area contributed by atoms with Gasteiger partial charge in [0.2, 0.25) is 10.0 Å². The second-order valence-corrected chi connectivity index (χ2v) is 9.52. The van der Waals surface area contributed by atoms with Crippen molar-refractivity contribution in [2.45, 2.75) is 68.6 Å². The molecule has 2 aromatic rings. The Kier molecular flexibility index (Phi) is 7.58. The molecule has 1 heterocycles. The summed E-state index contributed by atoms with van der Waals surface area (Å²) in [5, 5.41) is 7.69. The van der Waals surface area contributed by atoms with Crippen LogP contribution in [0.25, 0.3) is 0 Å². The minimum absolute atomic E-state index is 0.0841. The normalized spacial score (nSPS) is 20.2. The van der Waals surface area contributed by atoms with E-state index in [2.05, 4.69) is 10.2 Å². The molecule has 1 saturated carbocycles. The molecule has 0 aliphatic heterocycles. The second-order valence-electron chi connectivity index (χ2n) is 7.63. The van der Waals surface area contributed by atoms with Gasteiger partial charge in [0.05, 0.1) is 11.5 Å². The summed E-state index contributed by atoms with van der Waals surface area (Å²) in [4.78, 5) is 0.142. The van der Waals surface area contributed by atoms with Gasteiger partial charge in [-0.15, -0.1) is 10.2 Å². The monoisotopic (exact) mass is 460 g/mol. The Bertz CT molecular complexity index is 918. The fourth-order valence-electron chi connectivity index (χ4n) is 4.00. The van der Waals surface area contributed by atoms with Gasteiger partial charge in [-0.05, 0) is 56.4 Å². The standard InChI is InChI=1S/C20H27F3N4O3S/c1-2-27(17-6-3-5-16(13-17)26-14-24-25-15-26)31(28,29)19-9-7-18(8-10-19)30-12-4-11-20(21,22)23/h7-10,14-17H,2-6,11-13H2,1H3/t16-,17+/m1/s1. The molecule has 0 spiro atoms. The Morgan fingerprint density at radius 2 is 1.84 bits per heavy atom. The van der Waals surface area contributed by atoms with Gasteiger partial charge in [-0.3, -0.25) is 0 Å². The maximum absolute atomic E-state index is 13.3. The SMILES string of the molecule is CCN([C@H]1CCC[C@@H](n2cnnc2)C1)S(=O)(=O)c1ccc(OCCCC(F)(F)F)cc1. The lowest BCUT2D eigenvalue weighted by molar-refractivity contribution is -0.136. The van der Waals surface area contributed by atoms with Gasteiger partial charge in [0.15, 0.2) is 0 Å². The third-order valence-electron chi connectivity index (χ3n) is 5.50. The molecule has 31 heavy (non-hydrogen) atoms. The van der Waals surface area contributed by atoms with E-state index in [0.717, 1.165) is 19.3 Å². The Balaban J connectivity index is 1.64. The van der Waals surface area contributed by atoms with E-state index in [9.17, 15) is 21.6 Å². The molecular weight excluding hydrogens is 433 g/mol. The molecule has 11 heteroatoms. The molecule has 1 aromatic heterocycles. The topological polar surface area (TPSA) is 77.3 Å². The van der Waals surface area contributed by atoms with E-state index < -0.39 is 22.6 Å². The first kappa shape index (κ1) is 23.5. The number of sulfonamides is 1. The molecule has 0 saturated heterocycles. The van der Waals surface area contributed by atoms with Crippen molar-refractivity contribution in [1.82, 2.24) is 19.1 Å². The van der Waals surface area contributed by atoms with Crippen LogP contribution in [0.2, 0.25) is 0 Å². The van der Waals surface area contributed by atoms with E-state index in [1.165, 1.54) is 28.6 Å². The first-order valence-electron chi connectivity index (χ1n) is 10.4. The van der Waals surface area contributed by atoms with Crippen molar-refractivity contribution in [3.63, 3.8) is 0 Å². The van der Waals surface area contributed by atoms with Crippen LogP contribution in [-0.2, 0) is 10.0 Å². The molecule has 7 nitrogen and oxygen atoms in total. The molecule has 2 atom stereocenters. The Hall–Kier alpha value is -2.14. The quantitative estimate of drug-likeness (QED) is 0.525. The van der Waals surface area contributed by atoms with Crippen LogP contribution in [0.5, 0.6) is 5.75 Å². The lowest BCUT2D eigenvalue weighted by Gasteiger charge is -2.36. The first-order chi connectivity index (χ1) is 14.7. The second kappa shape index (κ2) is 9.99. The van der Waals surface area contributed by atoms with Crippen LogP contribution in [0, 0.1) is 0 Å². The lowest BCUT2D eigenvalue weighted by atomic mass is 9.91. The summed E-state index contributed by atoms with van der Waals surface area (Å²) in [5.41, 5.74) is 0. The highest BCUT2D eigenvalue weighted by atomic mass is 32.2. The predicted molar refractivity (Wildman–Crippen MR) is 108 cm³/mol. The Morgan fingerprint density at radius 3 is 2.45 bits per heavy atom. The van der Waals surface area contributed by atoms with Crippen molar-refractivity contribution in [3.05, 3.63) is 36.9 Å². The molecule has 1 aliphatic rings. The van der Waals surface area contributed by atoms with Crippen molar-refractivity contribution in [2.24, 2.45) is 0 Å². The highest BCUT2D eigenvalue weighted by Crippen LogP contribution is 2.34. The van der Waals surface area contributed by atoms with Crippen LogP contribution >= 0.6 is 0 Å². The summed E-state index contributed by atoms with van der Waals surface area (Å²) in [5.74, 6) is 0.342. The van der Waals surface area contributed by atoms with E-state index in [1.54, 1.807) is 12.7 Å². The molecule has 1 aromatic carbocycles. The number of aromatic nitrogens is 3. The van der Waals surface area contributed by atoms with Crippen LogP contribution in [0.3, 0.4) is 0 Å². The summed E-state index contributed by atoms with van der Waals surface area (Å²) in [6, 6.07) is 5.87. The van der Waals surface area contributed by atoms with Gasteiger partial charge in [-0.2, -0.15) is 17.5 Å². The van der Waals surface area contributed by atoms with Crippen LogP contribution < -0.4 is 4.74 Å². The van der Waals surface area contributed by atoms with E-state index >= 15 is 0 Å². The Labute approximate surface area is 180 Å². The maximum atomic E-state index is 13.3. The average Bonchev–Trinajstić information content (AvgIpc) is 3.26. The zero-order valence-electron chi connectivity index (χ0n) is 17.3. The van der Waals surface area contributed by atoms with E-state index in [-0.39, 0.29) is 30.0 Å². The molecule has 3 rings (SSSR count). The van der Waals surface area contributed by atoms with Crippen LogP contribution in [-0.4, -0.2) is 52.9 Å². The van der Waals surface area contributed by atoms with Crippen molar-refractivity contribution >= 4 is 10.0 Å². The van der Waals surface area contributed by atoms with Crippen molar-refractivity contribution in [2.75, 3.05) is 13.2 Å². The third-order valence-corrected chi connectivity index (χ3v) is 7.54. The number of hydrogen-bond donors (Lipinski definition) is 0. The maximum Gasteiger partial charge on any atom is 0.389 e. The molecule has 0 N–H and O–H groups in total. The van der Waals surface area contributed by atoms with Gasteiger partial charge in [0, 0.05) is 25.0 Å². The van der Waals surface area contributed by atoms with Gasteiger partial charge < -0.3 is 9.30 Å². The molecule has 0 unspecified atom stereocenters. The number of alkyl halides is 3. The van der Waals surface area contributed by atoms with E-state index in [4.69, 9.17) is 4.74 Å². The predicted octanol–water partition coefficient (Wildman–Crippen LogP) is 4.19. The van der Waals surface area contributed by atoms with Crippen LogP contribution in [0.15, 0.2) is 41.8 Å². The number of ether oxygens (including phenoxy) is 1. The largest absolute Gasteiger partial charge is 0.494 e. The van der Waals surface area contributed by atoms with Gasteiger partial charge in [0.25, 0.3) is 0 Å². The van der Waals surface area contributed by atoms with Crippen LogP contribution in [0.4, 0.5) is 13.2 Å². The van der Waals surface area contributed by atoms with Gasteiger partial charge in [-0.25, -0.2) is 8.42 Å². The zero-order valence-corrected chi connectivity index (χ0v) is 18.1. The highest BCUT2D eigenvalue weighted by molar-refractivity contribution is 7.89. The minimum Gasteiger partial charge on any atom is -0.494 e. The number of hydrogen-bond acceptors (Lipinski definition) is 5. The molecular formula is C20H27F3N4O3S. The van der Waals surface area contributed by atoms with Crippen LogP contribution in [0.1, 0.15) is 51.5 Å². The van der Waals surface area contributed by atoms with Crippen molar-refractivity contribution < 1.29 is 26.3 Å². The fourth-order valence-corrected chi connectivity index (χ4v) is 5.67. The average molecular weight is 461 g/mol. The summed E-state index contributed by atoms with van der Waals surface area (Å²) in [6.45, 7) is 2.08.